The van der Waals surface area contributed by atoms with Gasteiger partial charge in [0.1, 0.15) is 12.6 Å². The number of carbonyl (C=O) groups is 6. The number of ether oxygens (including phenoxy) is 3. The number of hydrogen-bond donors (Lipinski definition) is 2. The van der Waals surface area contributed by atoms with Crippen molar-refractivity contribution in [3.05, 3.63) is 89.0 Å². The summed E-state index contributed by atoms with van der Waals surface area (Å²) in [5, 5.41) is 4.90. The number of anilines is 1. The van der Waals surface area contributed by atoms with Gasteiger partial charge in [0.2, 0.25) is 17.7 Å². The average molecular weight is 711 g/mol. The van der Waals surface area contributed by atoms with Crippen LogP contribution in [0.2, 0.25) is 0 Å². The number of imide groups is 2. The molecule has 13 nitrogen and oxygen atoms in total. The number of carbonyl (C=O) groups excluding carboxylic acids is 6. The molecule has 2 aliphatic heterocycles. The molecule has 3 aliphatic rings. The second kappa shape index (κ2) is 16.7. The number of fused-ring (bicyclic) bond motifs is 4. The van der Waals surface area contributed by atoms with Crippen LogP contribution in [0.1, 0.15) is 76.3 Å². The van der Waals surface area contributed by atoms with Crippen LogP contribution in [-0.4, -0.2) is 98.1 Å². The van der Waals surface area contributed by atoms with Crippen LogP contribution in [0.5, 0.6) is 0 Å². The maximum atomic E-state index is 13.2. The summed E-state index contributed by atoms with van der Waals surface area (Å²) in [6.07, 6.45) is 1.97. The van der Waals surface area contributed by atoms with E-state index in [0.29, 0.717) is 39.4 Å². The number of benzene rings is 3. The summed E-state index contributed by atoms with van der Waals surface area (Å²) >= 11 is 0. The highest BCUT2D eigenvalue weighted by Crippen LogP contribution is 2.44. The molecule has 0 aromatic heterocycles. The molecule has 1 unspecified atom stereocenters. The summed E-state index contributed by atoms with van der Waals surface area (Å²) in [5.41, 5.74) is 5.06. The van der Waals surface area contributed by atoms with Gasteiger partial charge in [0.25, 0.3) is 11.8 Å². The second-order valence-electron chi connectivity index (χ2n) is 13.0. The minimum Gasteiger partial charge on any atom is -0.448 e. The Morgan fingerprint density at radius 3 is 2.19 bits per heavy atom. The third-order valence-electron chi connectivity index (χ3n) is 9.53. The van der Waals surface area contributed by atoms with Crippen LogP contribution < -0.4 is 10.6 Å². The zero-order valence-corrected chi connectivity index (χ0v) is 29.1. The highest BCUT2D eigenvalue weighted by atomic mass is 16.6. The van der Waals surface area contributed by atoms with E-state index in [-0.39, 0.29) is 54.5 Å². The molecule has 0 bridgehead atoms. The second-order valence-corrected chi connectivity index (χ2v) is 13.0. The van der Waals surface area contributed by atoms with Crippen molar-refractivity contribution in [3.63, 3.8) is 0 Å². The molecular weight excluding hydrogens is 668 g/mol. The minimum absolute atomic E-state index is 0.00656. The third kappa shape index (κ3) is 8.05. The number of hydrogen-bond acceptors (Lipinski definition) is 9. The number of nitrogens with zero attached hydrogens (tertiary/aromatic N) is 2. The third-order valence-corrected chi connectivity index (χ3v) is 9.53. The van der Waals surface area contributed by atoms with E-state index >= 15 is 0 Å². The van der Waals surface area contributed by atoms with E-state index in [0.717, 1.165) is 17.7 Å². The molecule has 2 heterocycles. The molecule has 0 saturated carbocycles. The zero-order chi connectivity index (χ0) is 36.6. The smallest absolute Gasteiger partial charge is 0.409 e. The first-order chi connectivity index (χ1) is 25.2. The predicted octanol–water partition coefficient (Wildman–Crippen LogP) is 4.50. The predicted molar refractivity (Wildman–Crippen MR) is 190 cm³/mol. The van der Waals surface area contributed by atoms with Gasteiger partial charge in [-0.3, -0.25) is 34.2 Å². The van der Waals surface area contributed by atoms with Crippen molar-refractivity contribution in [3.8, 4) is 11.1 Å². The maximum absolute atomic E-state index is 13.2. The van der Waals surface area contributed by atoms with Gasteiger partial charge in [-0.2, -0.15) is 0 Å². The molecule has 3 aromatic rings. The van der Waals surface area contributed by atoms with Crippen LogP contribution >= 0.6 is 0 Å². The lowest BCUT2D eigenvalue weighted by molar-refractivity contribution is -0.136. The highest BCUT2D eigenvalue weighted by molar-refractivity contribution is 6.26. The van der Waals surface area contributed by atoms with Crippen molar-refractivity contribution in [1.82, 2.24) is 15.1 Å². The van der Waals surface area contributed by atoms with Crippen LogP contribution in [0.4, 0.5) is 10.5 Å². The van der Waals surface area contributed by atoms with Crippen molar-refractivity contribution in [2.24, 2.45) is 0 Å². The Bertz CT molecular complexity index is 1820. The van der Waals surface area contributed by atoms with Gasteiger partial charge in [-0.15, -0.1) is 0 Å². The summed E-state index contributed by atoms with van der Waals surface area (Å²) in [4.78, 5) is 77.8. The summed E-state index contributed by atoms with van der Waals surface area (Å²) in [5.74, 6) is -2.73. The van der Waals surface area contributed by atoms with Gasteiger partial charge in [-0.05, 0) is 53.6 Å². The molecule has 0 spiro atoms. The monoisotopic (exact) mass is 710 g/mol. The van der Waals surface area contributed by atoms with E-state index in [1.165, 1.54) is 33.2 Å². The van der Waals surface area contributed by atoms with Gasteiger partial charge in [0.05, 0.1) is 36.6 Å². The molecule has 1 fully saturated rings. The molecule has 272 valence electrons. The summed E-state index contributed by atoms with van der Waals surface area (Å²) in [6, 6.07) is 19.9. The Labute approximate surface area is 301 Å². The SMILES string of the molecule is CN(CCOCCOCCCCCC(=O)Nc1cccc2c1C(=O)N(C1CCC(=O)NC1=O)C2=O)C(=O)OCC1c2ccccc2-c2ccccc21. The Morgan fingerprint density at radius 2 is 1.48 bits per heavy atom. The van der Waals surface area contributed by atoms with Crippen molar-refractivity contribution in [2.75, 3.05) is 51.9 Å². The lowest BCUT2D eigenvalue weighted by Crippen LogP contribution is -2.54. The normalized spacial score (nSPS) is 16.3. The van der Waals surface area contributed by atoms with E-state index in [4.69, 9.17) is 14.2 Å². The molecule has 52 heavy (non-hydrogen) atoms. The maximum Gasteiger partial charge on any atom is 0.409 e. The van der Waals surface area contributed by atoms with Gasteiger partial charge in [0, 0.05) is 39.0 Å². The number of nitrogens with one attached hydrogen (secondary N) is 2. The molecule has 13 heteroatoms. The number of amides is 6. The largest absolute Gasteiger partial charge is 0.448 e. The lowest BCUT2D eigenvalue weighted by Gasteiger charge is -2.27. The van der Waals surface area contributed by atoms with E-state index in [1.54, 1.807) is 19.2 Å². The molecule has 1 aliphatic carbocycles. The Kier molecular flexibility index (Phi) is 11.7. The molecule has 1 atom stereocenters. The fourth-order valence-corrected chi connectivity index (χ4v) is 6.82. The first kappa shape index (κ1) is 36.4. The lowest BCUT2D eigenvalue weighted by atomic mass is 9.98. The average Bonchev–Trinajstić information content (AvgIpc) is 3.60. The highest BCUT2D eigenvalue weighted by Gasteiger charge is 2.45. The van der Waals surface area contributed by atoms with E-state index in [9.17, 15) is 28.8 Å². The van der Waals surface area contributed by atoms with E-state index < -0.39 is 35.8 Å². The molecule has 1 saturated heterocycles. The fraction of sp³-hybridized carbons (Fsp3) is 0.385. The van der Waals surface area contributed by atoms with Gasteiger partial charge in [0.15, 0.2) is 0 Å². The van der Waals surface area contributed by atoms with Crippen LogP contribution in [0.3, 0.4) is 0 Å². The number of likely N-dealkylation sites (N-methyl/N-ethyl adjacent to an activating group) is 1. The van der Waals surface area contributed by atoms with Crippen LogP contribution in [0, 0.1) is 0 Å². The fourth-order valence-electron chi connectivity index (χ4n) is 6.82. The quantitative estimate of drug-likeness (QED) is 0.161. The molecule has 2 N–H and O–H groups in total. The van der Waals surface area contributed by atoms with Gasteiger partial charge >= 0.3 is 6.09 Å². The minimum atomic E-state index is -1.08. The molecule has 3 aromatic carbocycles. The summed E-state index contributed by atoms with van der Waals surface area (Å²) < 4.78 is 16.9. The van der Waals surface area contributed by atoms with E-state index in [2.05, 4.69) is 34.9 Å². The topological polar surface area (TPSA) is 161 Å². The Morgan fingerprint density at radius 1 is 0.808 bits per heavy atom. The zero-order valence-electron chi connectivity index (χ0n) is 29.1. The first-order valence-corrected chi connectivity index (χ1v) is 17.6. The van der Waals surface area contributed by atoms with Crippen LogP contribution in [0.25, 0.3) is 11.1 Å². The van der Waals surface area contributed by atoms with Crippen molar-refractivity contribution < 1.29 is 43.0 Å². The standard InChI is InChI=1S/C39H42N4O9/c1-42(39(49)52-24-30-27-12-6-4-10-25(27)26-11-5-7-13-28(26)30)19-21-51-23-22-50-20-8-2-3-16-33(44)40-31-15-9-14-29-35(31)38(48)43(37(29)47)32-17-18-34(45)41-36(32)46/h4-7,9-15,30,32H,2-3,8,16-24H2,1H3,(H,40,44)(H,41,45,46). The van der Waals surface area contributed by atoms with Crippen molar-refractivity contribution in [2.45, 2.75) is 50.5 Å². The van der Waals surface area contributed by atoms with Crippen molar-refractivity contribution >= 4 is 41.3 Å². The summed E-state index contributed by atoms with van der Waals surface area (Å²) in [6.45, 7) is 2.28. The van der Waals surface area contributed by atoms with Crippen molar-refractivity contribution in [1.29, 1.82) is 0 Å². The number of piperidine rings is 1. The number of rotatable bonds is 16. The van der Waals surface area contributed by atoms with Crippen LogP contribution in [0.15, 0.2) is 66.7 Å². The molecular formula is C39H42N4O9. The van der Waals surface area contributed by atoms with Gasteiger partial charge in [-0.1, -0.05) is 61.0 Å². The van der Waals surface area contributed by atoms with Gasteiger partial charge in [-0.25, -0.2) is 4.79 Å². The molecule has 6 amide bonds. The number of unbranched alkanes of at least 4 members (excludes halogenated alkanes) is 2. The molecule has 6 rings (SSSR count). The van der Waals surface area contributed by atoms with E-state index in [1.807, 2.05) is 24.3 Å². The Hall–Kier alpha value is -5.40. The molecule has 0 radical (unpaired) electrons. The summed E-state index contributed by atoms with van der Waals surface area (Å²) in [7, 11) is 1.68. The first-order valence-electron chi connectivity index (χ1n) is 17.6. The van der Waals surface area contributed by atoms with Gasteiger partial charge < -0.3 is 24.4 Å². The Balaban J connectivity index is 0.814. The van der Waals surface area contributed by atoms with Crippen LogP contribution in [-0.2, 0) is 28.6 Å².